The van der Waals surface area contributed by atoms with Gasteiger partial charge in [-0.05, 0) is 54.5 Å². The molecule has 8 nitrogen and oxygen atoms in total. The molecule has 0 fully saturated rings. The van der Waals surface area contributed by atoms with Crippen LogP contribution in [-0.4, -0.2) is 26.1 Å². The molecule has 2 aromatic carbocycles. The van der Waals surface area contributed by atoms with E-state index in [4.69, 9.17) is 4.74 Å². The highest BCUT2D eigenvalue weighted by Crippen LogP contribution is 2.20. The van der Waals surface area contributed by atoms with Gasteiger partial charge in [-0.3, -0.25) is 14.9 Å². The summed E-state index contributed by atoms with van der Waals surface area (Å²) in [6.45, 7) is 2.70. The normalized spacial score (nSPS) is 11.8. The van der Waals surface area contributed by atoms with Crippen LogP contribution in [0.2, 0.25) is 0 Å². The predicted octanol–water partition coefficient (Wildman–Crippen LogP) is 3.06. The zero-order chi connectivity index (χ0) is 20.4. The fourth-order valence-corrected chi connectivity index (χ4v) is 3.63. The van der Waals surface area contributed by atoms with Crippen molar-refractivity contribution in [3.05, 3.63) is 79.1 Å². The molecule has 0 unspecified atom stereocenters. The minimum atomic E-state index is -0.462. The average Bonchev–Trinajstić information content (AvgIpc) is 3.27. The van der Waals surface area contributed by atoms with E-state index in [0.29, 0.717) is 27.5 Å². The summed E-state index contributed by atoms with van der Waals surface area (Å²) in [6.07, 6.45) is 2.61. The van der Waals surface area contributed by atoms with Crippen molar-refractivity contribution in [1.82, 2.24) is 14.6 Å². The Morgan fingerprint density at radius 2 is 1.90 bits per heavy atom. The molecule has 0 aliphatic carbocycles. The molecule has 9 heteroatoms. The maximum Gasteiger partial charge on any atom is 0.291 e. The molecule has 146 valence electrons. The number of nitro groups is 1. The smallest absolute Gasteiger partial charge is 0.291 e. The van der Waals surface area contributed by atoms with Gasteiger partial charge < -0.3 is 4.74 Å². The van der Waals surface area contributed by atoms with Gasteiger partial charge in [0.15, 0.2) is 5.82 Å². The van der Waals surface area contributed by atoms with Crippen LogP contribution in [0.25, 0.3) is 22.4 Å². The zero-order valence-corrected chi connectivity index (χ0v) is 16.3. The number of rotatable bonds is 6. The topological polar surface area (TPSA) is 99.6 Å². The Bertz CT molecular complexity index is 1280. The standard InChI is InChI=1S/C20H16N4O4S/c1-2-11-28-16-9-5-14(6-10-16)18-21-20-23(22-18)19(25)17(29-20)12-13-3-7-15(8-4-13)24(26)27/h3-10,12H,2,11H2,1H3/b17-12+. The largest absolute Gasteiger partial charge is 0.494 e. The first-order valence-corrected chi connectivity index (χ1v) is 9.76. The van der Waals surface area contributed by atoms with Crippen LogP contribution in [0.15, 0.2) is 53.3 Å². The number of fused-ring (bicyclic) bond motifs is 1. The van der Waals surface area contributed by atoms with Crippen molar-refractivity contribution in [3.8, 4) is 17.1 Å². The van der Waals surface area contributed by atoms with Gasteiger partial charge >= 0.3 is 0 Å². The number of benzene rings is 2. The molecule has 0 amide bonds. The number of nitro benzene ring substituents is 1. The van der Waals surface area contributed by atoms with Crippen LogP contribution < -0.4 is 14.8 Å². The Kier molecular flexibility index (Phi) is 5.05. The average molecular weight is 408 g/mol. The molecule has 0 saturated heterocycles. The van der Waals surface area contributed by atoms with E-state index in [1.54, 1.807) is 18.2 Å². The molecule has 0 saturated carbocycles. The van der Waals surface area contributed by atoms with Crippen molar-refractivity contribution in [2.24, 2.45) is 0 Å². The van der Waals surface area contributed by atoms with Crippen molar-refractivity contribution >= 4 is 28.1 Å². The lowest BCUT2D eigenvalue weighted by molar-refractivity contribution is -0.384. The van der Waals surface area contributed by atoms with Gasteiger partial charge in [0.2, 0.25) is 4.96 Å². The molecule has 0 N–H and O–H groups in total. The van der Waals surface area contributed by atoms with Crippen molar-refractivity contribution in [2.45, 2.75) is 13.3 Å². The third kappa shape index (κ3) is 3.85. The van der Waals surface area contributed by atoms with Crippen LogP contribution in [0, 0.1) is 10.1 Å². The van der Waals surface area contributed by atoms with E-state index in [-0.39, 0.29) is 11.2 Å². The second-order valence-corrected chi connectivity index (χ2v) is 7.28. The molecule has 0 aliphatic heterocycles. The van der Waals surface area contributed by atoms with Crippen LogP contribution in [0.1, 0.15) is 18.9 Å². The third-order valence-electron chi connectivity index (χ3n) is 4.17. The van der Waals surface area contributed by atoms with Crippen molar-refractivity contribution in [2.75, 3.05) is 6.61 Å². The number of hydrogen-bond donors (Lipinski definition) is 0. The lowest BCUT2D eigenvalue weighted by Crippen LogP contribution is -2.23. The van der Waals surface area contributed by atoms with Crippen molar-refractivity contribution in [1.29, 1.82) is 0 Å². The Morgan fingerprint density at radius 1 is 1.17 bits per heavy atom. The molecule has 0 radical (unpaired) electrons. The number of non-ortho nitro benzene ring substituents is 1. The van der Waals surface area contributed by atoms with E-state index < -0.39 is 4.92 Å². The highest BCUT2D eigenvalue weighted by atomic mass is 32.1. The third-order valence-corrected chi connectivity index (χ3v) is 5.13. The fraction of sp³-hybridized carbons (Fsp3) is 0.150. The second-order valence-electron chi connectivity index (χ2n) is 6.27. The van der Waals surface area contributed by atoms with Gasteiger partial charge in [0.05, 0.1) is 16.1 Å². The van der Waals surface area contributed by atoms with E-state index in [9.17, 15) is 14.9 Å². The van der Waals surface area contributed by atoms with Crippen molar-refractivity contribution < 1.29 is 9.66 Å². The fourth-order valence-electron chi connectivity index (χ4n) is 2.72. The molecule has 29 heavy (non-hydrogen) atoms. The number of thiazole rings is 1. The molecule has 0 bridgehead atoms. The summed E-state index contributed by atoms with van der Waals surface area (Å²) in [7, 11) is 0. The SMILES string of the molecule is CCCOc1ccc(-c2nc3s/c(=C/c4ccc([N+](=O)[O-])cc4)c(=O)n3n2)cc1. The monoisotopic (exact) mass is 408 g/mol. The highest BCUT2D eigenvalue weighted by Gasteiger charge is 2.12. The second kappa shape index (κ2) is 7.80. The lowest BCUT2D eigenvalue weighted by atomic mass is 10.2. The number of aromatic nitrogens is 3. The Hall–Kier alpha value is -3.59. The van der Waals surface area contributed by atoms with E-state index in [1.807, 2.05) is 31.2 Å². The lowest BCUT2D eigenvalue weighted by Gasteiger charge is -2.04. The molecule has 0 spiro atoms. The predicted molar refractivity (Wildman–Crippen MR) is 110 cm³/mol. The summed E-state index contributed by atoms with van der Waals surface area (Å²) < 4.78 is 7.30. The molecular formula is C20H16N4O4S. The van der Waals surface area contributed by atoms with E-state index in [1.165, 1.54) is 28.0 Å². The molecule has 4 aromatic rings. The van der Waals surface area contributed by atoms with E-state index in [0.717, 1.165) is 17.7 Å². The minimum absolute atomic E-state index is 0.00269. The first-order chi connectivity index (χ1) is 14.0. The molecule has 2 heterocycles. The summed E-state index contributed by atoms with van der Waals surface area (Å²) in [4.78, 5) is 27.9. The minimum Gasteiger partial charge on any atom is -0.494 e. The van der Waals surface area contributed by atoms with Gasteiger partial charge in [0.25, 0.3) is 11.2 Å². The van der Waals surface area contributed by atoms with Crippen LogP contribution in [-0.2, 0) is 0 Å². The van der Waals surface area contributed by atoms with Crippen LogP contribution in [0.4, 0.5) is 5.69 Å². The van der Waals surface area contributed by atoms with E-state index >= 15 is 0 Å². The highest BCUT2D eigenvalue weighted by molar-refractivity contribution is 7.15. The Balaban J connectivity index is 1.63. The maximum atomic E-state index is 12.6. The van der Waals surface area contributed by atoms with Gasteiger partial charge in [0.1, 0.15) is 5.75 Å². The van der Waals surface area contributed by atoms with Gasteiger partial charge in [-0.2, -0.15) is 9.50 Å². The first-order valence-electron chi connectivity index (χ1n) is 8.94. The number of hydrogen-bond acceptors (Lipinski definition) is 7. The summed E-state index contributed by atoms with van der Waals surface area (Å²) >= 11 is 1.22. The summed E-state index contributed by atoms with van der Waals surface area (Å²) in [5.41, 5.74) is 1.22. The van der Waals surface area contributed by atoms with Gasteiger partial charge in [-0.15, -0.1) is 5.10 Å². The van der Waals surface area contributed by atoms with Crippen molar-refractivity contribution in [3.63, 3.8) is 0 Å². The summed E-state index contributed by atoms with van der Waals surface area (Å²) in [6, 6.07) is 13.4. The quantitative estimate of drug-likeness (QED) is 0.359. The molecule has 4 rings (SSSR count). The molecule has 2 aromatic heterocycles. The Morgan fingerprint density at radius 3 is 2.52 bits per heavy atom. The maximum absolute atomic E-state index is 12.6. The zero-order valence-electron chi connectivity index (χ0n) is 15.4. The van der Waals surface area contributed by atoms with Crippen LogP contribution in [0.5, 0.6) is 5.75 Å². The molecule has 0 atom stereocenters. The Labute approximate surface area is 168 Å². The van der Waals surface area contributed by atoms with Gasteiger partial charge in [0, 0.05) is 17.7 Å². The molecule has 0 aliphatic rings. The summed E-state index contributed by atoms with van der Waals surface area (Å²) in [5.74, 6) is 1.25. The molecular weight excluding hydrogens is 392 g/mol. The summed E-state index contributed by atoms with van der Waals surface area (Å²) in [5, 5.41) is 15.1. The van der Waals surface area contributed by atoms with Crippen LogP contribution in [0.3, 0.4) is 0 Å². The van der Waals surface area contributed by atoms with Gasteiger partial charge in [-0.25, -0.2) is 0 Å². The van der Waals surface area contributed by atoms with Crippen LogP contribution >= 0.6 is 11.3 Å². The van der Waals surface area contributed by atoms with E-state index in [2.05, 4.69) is 10.1 Å². The number of nitrogens with zero attached hydrogens (tertiary/aromatic N) is 4. The van der Waals surface area contributed by atoms with Gasteiger partial charge in [-0.1, -0.05) is 18.3 Å². The first kappa shape index (κ1) is 18.8. The number of ether oxygens (including phenoxy) is 1.